The van der Waals surface area contributed by atoms with Gasteiger partial charge in [0.05, 0.1) is 12.7 Å². The number of hydrogen-bond acceptors (Lipinski definition) is 3. The summed E-state index contributed by atoms with van der Waals surface area (Å²) in [6, 6.07) is 4.12. The number of aryl methyl sites for hydroxylation is 2. The maximum atomic E-state index is 12.0. The largest absolute Gasteiger partial charge is 0.464 e. The Bertz CT molecular complexity index is 645. The zero-order valence-electron chi connectivity index (χ0n) is 14.4. The molecule has 1 amide bonds. The van der Waals surface area contributed by atoms with Gasteiger partial charge in [0, 0.05) is 30.7 Å². The first kappa shape index (κ1) is 17.5. The summed E-state index contributed by atoms with van der Waals surface area (Å²) in [6.45, 7) is 8.44. The topological polar surface area (TPSA) is 51.5 Å². The van der Waals surface area contributed by atoms with Gasteiger partial charge in [-0.25, -0.2) is 0 Å². The zero-order valence-corrected chi connectivity index (χ0v) is 14.4. The lowest BCUT2D eigenvalue weighted by molar-refractivity contribution is -0.120. The molecule has 0 unspecified atom stereocenters. The Morgan fingerprint density at radius 3 is 2.70 bits per heavy atom. The normalized spacial score (nSPS) is 11.1. The molecule has 0 atom stereocenters. The number of nitrogens with one attached hydrogen (secondary N) is 1. The fraction of sp³-hybridized carbons (Fsp3) is 0.526. The third-order valence-corrected chi connectivity index (χ3v) is 4.05. The molecule has 0 fully saturated rings. The molecule has 0 spiro atoms. The van der Waals surface area contributed by atoms with Crippen molar-refractivity contribution in [1.82, 2.24) is 5.32 Å². The first-order chi connectivity index (χ1) is 11.1. The molecule has 4 nitrogen and oxygen atoms in total. The average molecular weight is 317 g/mol. The predicted molar refractivity (Wildman–Crippen MR) is 92.7 cm³/mol. The van der Waals surface area contributed by atoms with E-state index in [1.807, 2.05) is 6.07 Å². The lowest BCUT2D eigenvalue weighted by atomic mass is 10.0. The summed E-state index contributed by atoms with van der Waals surface area (Å²) in [4.78, 5) is 12.0. The molecule has 2 rings (SSSR count). The molecule has 126 valence electrons. The number of amides is 1. The molecular weight excluding hydrogens is 290 g/mol. The van der Waals surface area contributed by atoms with E-state index in [-0.39, 0.29) is 5.91 Å². The number of hydrogen-bond donors (Lipinski definition) is 1. The van der Waals surface area contributed by atoms with Crippen LogP contribution in [0.25, 0.3) is 11.0 Å². The molecule has 1 N–H and O–H groups in total. The fourth-order valence-electron chi connectivity index (χ4n) is 2.46. The van der Waals surface area contributed by atoms with Crippen molar-refractivity contribution in [1.29, 1.82) is 0 Å². The van der Waals surface area contributed by atoms with E-state index in [1.165, 1.54) is 11.1 Å². The van der Waals surface area contributed by atoms with Gasteiger partial charge in [0.2, 0.25) is 5.91 Å². The minimum absolute atomic E-state index is 0.0273. The van der Waals surface area contributed by atoms with Gasteiger partial charge in [0.25, 0.3) is 0 Å². The van der Waals surface area contributed by atoms with Crippen molar-refractivity contribution in [3.63, 3.8) is 0 Å². The van der Waals surface area contributed by atoms with Crippen molar-refractivity contribution < 1.29 is 13.9 Å². The van der Waals surface area contributed by atoms with Gasteiger partial charge in [-0.05, 0) is 49.9 Å². The summed E-state index contributed by atoms with van der Waals surface area (Å²) < 4.78 is 11.0. The number of benzene rings is 1. The number of ether oxygens (including phenoxy) is 1. The van der Waals surface area contributed by atoms with E-state index < -0.39 is 0 Å². The molecule has 1 aromatic carbocycles. The minimum atomic E-state index is 0.0273. The van der Waals surface area contributed by atoms with Crippen molar-refractivity contribution in [3.05, 3.63) is 35.1 Å². The molecule has 0 aliphatic carbocycles. The Morgan fingerprint density at radius 2 is 1.91 bits per heavy atom. The molecule has 23 heavy (non-hydrogen) atoms. The Labute approximate surface area is 138 Å². The number of carbonyl (C=O) groups is 1. The van der Waals surface area contributed by atoms with Gasteiger partial charge >= 0.3 is 0 Å². The fourth-order valence-corrected chi connectivity index (χ4v) is 2.46. The summed E-state index contributed by atoms with van der Waals surface area (Å²) in [6.07, 6.45) is 5.14. The van der Waals surface area contributed by atoms with Crippen LogP contribution in [0.5, 0.6) is 0 Å². The third kappa shape index (κ3) is 5.10. The zero-order chi connectivity index (χ0) is 16.7. The smallest absolute Gasteiger partial charge is 0.224 e. The predicted octanol–water partition coefficient (Wildman–Crippen LogP) is 3.92. The third-order valence-electron chi connectivity index (χ3n) is 4.05. The molecular formula is C19H27NO3. The van der Waals surface area contributed by atoms with Crippen LogP contribution in [0.4, 0.5) is 0 Å². The molecule has 0 aliphatic rings. The number of furan rings is 1. The van der Waals surface area contributed by atoms with Crippen molar-refractivity contribution in [2.75, 3.05) is 19.8 Å². The summed E-state index contributed by atoms with van der Waals surface area (Å²) >= 11 is 0. The SMILES string of the molecule is CCCCOCCCNC(=O)Cc1coc2cc(C)c(C)cc12. The summed E-state index contributed by atoms with van der Waals surface area (Å²) in [7, 11) is 0. The lowest BCUT2D eigenvalue weighted by Gasteiger charge is -2.06. The van der Waals surface area contributed by atoms with Crippen molar-refractivity contribution in [3.8, 4) is 0 Å². The van der Waals surface area contributed by atoms with Gasteiger partial charge in [-0.15, -0.1) is 0 Å². The van der Waals surface area contributed by atoms with Crippen LogP contribution in [-0.2, 0) is 16.0 Å². The van der Waals surface area contributed by atoms with E-state index in [9.17, 15) is 4.79 Å². The molecule has 1 heterocycles. The van der Waals surface area contributed by atoms with Crippen LogP contribution < -0.4 is 5.32 Å². The first-order valence-corrected chi connectivity index (χ1v) is 8.43. The maximum Gasteiger partial charge on any atom is 0.224 e. The highest BCUT2D eigenvalue weighted by atomic mass is 16.5. The van der Waals surface area contributed by atoms with Crippen LogP contribution in [0.2, 0.25) is 0 Å². The maximum absolute atomic E-state index is 12.0. The standard InChI is InChI=1S/C19H27NO3/c1-4-5-8-22-9-6-7-20-19(21)12-16-13-23-18-11-15(3)14(2)10-17(16)18/h10-11,13H,4-9,12H2,1-3H3,(H,20,21). The molecule has 0 saturated heterocycles. The van der Waals surface area contributed by atoms with Gasteiger partial charge in [-0.2, -0.15) is 0 Å². The van der Waals surface area contributed by atoms with E-state index in [1.54, 1.807) is 6.26 Å². The summed E-state index contributed by atoms with van der Waals surface area (Å²) in [5.41, 5.74) is 4.20. The number of fused-ring (bicyclic) bond motifs is 1. The van der Waals surface area contributed by atoms with Gasteiger partial charge in [-0.3, -0.25) is 4.79 Å². The molecule has 0 radical (unpaired) electrons. The van der Waals surface area contributed by atoms with Gasteiger partial charge < -0.3 is 14.5 Å². The van der Waals surface area contributed by atoms with E-state index >= 15 is 0 Å². The average Bonchev–Trinajstić information content (AvgIpc) is 2.89. The van der Waals surface area contributed by atoms with E-state index in [4.69, 9.17) is 9.15 Å². The second-order valence-corrected chi connectivity index (χ2v) is 6.04. The molecule has 0 bridgehead atoms. The molecule has 4 heteroatoms. The highest BCUT2D eigenvalue weighted by Crippen LogP contribution is 2.25. The Kier molecular flexibility index (Phi) is 6.66. The van der Waals surface area contributed by atoms with Crippen LogP contribution in [0.3, 0.4) is 0 Å². The van der Waals surface area contributed by atoms with Crippen LogP contribution in [-0.4, -0.2) is 25.7 Å². The van der Waals surface area contributed by atoms with Crippen molar-refractivity contribution in [2.45, 2.75) is 46.5 Å². The Balaban J connectivity index is 1.78. The van der Waals surface area contributed by atoms with E-state index in [0.29, 0.717) is 19.6 Å². The van der Waals surface area contributed by atoms with Crippen LogP contribution >= 0.6 is 0 Å². The summed E-state index contributed by atoms with van der Waals surface area (Å²) in [5, 5.41) is 3.98. The van der Waals surface area contributed by atoms with Crippen molar-refractivity contribution in [2.24, 2.45) is 0 Å². The molecule has 0 aliphatic heterocycles. The molecule has 0 saturated carbocycles. The lowest BCUT2D eigenvalue weighted by Crippen LogP contribution is -2.26. The van der Waals surface area contributed by atoms with Gasteiger partial charge in [-0.1, -0.05) is 13.3 Å². The molecule has 1 aromatic heterocycles. The van der Waals surface area contributed by atoms with Gasteiger partial charge in [0.15, 0.2) is 0 Å². The van der Waals surface area contributed by atoms with Crippen LogP contribution in [0.15, 0.2) is 22.8 Å². The van der Waals surface area contributed by atoms with Crippen molar-refractivity contribution >= 4 is 16.9 Å². The Morgan fingerprint density at radius 1 is 1.17 bits per heavy atom. The molecule has 2 aromatic rings. The quantitative estimate of drug-likeness (QED) is 0.713. The second-order valence-electron chi connectivity index (χ2n) is 6.04. The highest BCUT2D eigenvalue weighted by Gasteiger charge is 2.11. The number of unbranched alkanes of at least 4 members (excludes halogenated alkanes) is 1. The van der Waals surface area contributed by atoms with Crippen LogP contribution in [0.1, 0.15) is 42.9 Å². The summed E-state index contributed by atoms with van der Waals surface area (Å²) in [5.74, 6) is 0.0273. The minimum Gasteiger partial charge on any atom is -0.464 e. The monoisotopic (exact) mass is 317 g/mol. The first-order valence-electron chi connectivity index (χ1n) is 8.43. The number of rotatable bonds is 9. The van der Waals surface area contributed by atoms with E-state index in [0.717, 1.165) is 42.4 Å². The highest BCUT2D eigenvalue weighted by molar-refractivity contribution is 5.88. The second kappa shape index (κ2) is 8.73. The number of carbonyl (C=O) groups excluding carboxylic acids is 1. The van der Waals surface area contributed by atoms with Gasteiger partial charge in [0.1, 0.15) is 5.58 Å². The van der Waals surface area contributed by atoms with E-state index in [2.05, 4.69) is 32.2 Å². The van der Waals surface area contributed by atoms with Crippen LogP contribution in [0, 0.1) is 13.8 Å². The Hall–Kier alpha value is -1.81.